The molecule has 0 aromatic heterocycles. The van der Waals surface area contributed by atoms with Crippen LogP contribution in [0.1, 0.15) is 49.8 Å². The third-order valence-electron chi connectivity index (χ3n) is 7.95. The Morgan fingerprint density at radius 1 is 0.907 bits per heavy atom. The average Bonchev–Trinajstić information content (AvgIpc) is 3.00. The van der Waals surface area contributed by atoms with Crippen molar-refractivity contribution in [2.75, 3.05) is 25.0 Å². The molecule has 0 saturated carbocycles. The lowest BCUT2D eigenvalue weighted by Gasteiger charge is -2.41. The van der Waals surface area contributed by atoms with Crippen LogP contribution >= 0.6 is 0 Å². The maximum Gasteiger partial charge on any atom is 0.416 e. The topological polar surface area (TPSA) is 81.8 Å². The number of hydrogen-bond acceptors (Lipinski definition) is 3. The number of amides is 4. The van der Waals surface area contributed by atoms with Crippen LogP contribution in [0.3, 0.4) is 0 Å². The Balaban J connectivity index is 1.46. The second-order valence-corrected chi connectivity index (χ2v) is 11.0. The van der Waals surface area contributed by atoms with Crippen LogP contribution in [-0.4, -0.2) is 59.4 Å². The van der Waals surface area contributed by atoms with E-state index in [-0.39, 0.29) is 43.1 Å². The first kappa shape index (κ1) is 31.6. The van der Waals surface area contributed by atoms with E-state index >= 15 is 0 Å². The van der Waals surface area contributed by atoms with E-state index in [0.717, 1.165) is 23.3 Å². The number of nitrogens with zero attached hydrogens (tertiary/aromatic N) is 2. The molecule has 1 aliphatic heterocycles. The van der Waals surface area contributed by atoms with Gasteiger partial charge in [0.15, 0.2) is 0 Å². The summed E-state index contributed by atoms with van der Waals surface area (Å²) in [7, 11) is 0. The molecule has 3 aromatic carbocycles. The van der Waals surface area contributed by atoms with Crippen LogP contribution in [-0.2, 0) is 15.8 Å². The van der Waals surface area contributed by atoms with Crippen molar-refractivity contribution < 1.29 is 27.6 Å². The van der Waals surface area contributed by atoms with Crippen molar-refractivity contribution in [3.8, 4) is 0 Å². The van der Waals surface area contributed by atoms with Crippen molar-refractivity contribution in [3.63, 3.8) is 0 Å². The van der Waals surface area contributed by atoms with Gasteiger partial charge in [0.1, 0.15) is 6.04 Å². The number of urea groups is 1. The highest BCUT2D eigenvalue weighted by Crippen LogP contribution is 2.31. The van der Waals surface area contributed by atoms with E-state index in [2.05, 4.69) is 10.6 Å². The summed E-state index contributed by atoms with van der Waals surface area (Å²) in [4.78, 5) is 43.8. The van der Waals surface area contributed by atoms with Gasteiger partial charge < -0.3 is 20.4 Å². The van der Waals surface area contributed by atoms with Crippen molar-refractivity contribution >= 4 is 23.5 Å². The van der Waals surface area contributed by atoms with Crippen molar-refractivity contribution in [1.29, 1.82) is 0 Å². The number of halogens is 3. The van der Waals surface area contributed by atoms with E-state index in [1.54, 1.807) is 11.8 Å². The van der Waals surface area contributed by atoms with E-state index < -0.39 is 35.8 Å². The molecule has 1 aliphatic rings. The lowest BCUT2D eigenvalue weighted by Crippen LogP contribution is -2.60. The van der Waals surface area contributed by atoms with Crippen LogP contribution in [0, 0.1) is 5.92 Å². The Kier molecular flexibility index (Phi) is 10.1. The average molecular weight is 595 g/mol. The highest BCUT2D eigenvalue weighted by Gasteiger charge is 2.37. The minimum Gasteiger partial charge on any atom is -0.343 e. The minimum atomic E-state index is -4.52. The second kappa shape index (κ2) is 13.8. The Labute approximate surface area is 250 Å². The highest BCUT2D eigenvalue weighted by atomic mass is 19.4. The predicted octanol–water partition coefficient (Wildman–Crippen LogP) is 6.13. The van der Waals surface area contributed by atoms with Crippen LogP contribution < -0.4 is 10.6 Å². The summed E-state index contributed by atoms with van der Waals surface area (Å²) in [6.07, 6.45) is -3.86. The fourth-order valence-electron chi connectivity index (χ4n) is 5.33. The summed E-state index contributed by atoms with van der Waals surface area (Å²) in [6.45, 7) is 6.30. The molecular formula is C33H37F3N4O3. The number of hydrogen-bond donors (Lipinski definition) is 2. The smallest absolute Gasteiger partial charge is 0.343 e. The van der Waals surface area contributed by atoms with Gasteiger partial charge in [-0.15, -0.1) is 0 Å². The fourth-order valence-corrected chi connectivity index (χ4v) is 5.33. The SMILES string of the molecule is CCC(C)C(NC(=O)C(c1ccccc1)c1ccccc1)C(=O)N1CCN(C(=O)Nc2cccc(C(F)(F)F)c2)C(C)C1. The van der Waals surface area contributed by atoms with Crippen LogP contribution in [0.4, 0.5) is 23.7 Å². The molecule has 4 rings (SSSR count). The van der Waals surface area contributed by atoms with Gasteiger partial charge in [0.25, 0.3) is 0 Å². The molecule has 10 heteroatoms. The first-order chi connectivity index (χ1) is 20.5. The first-order valence-electron chi connectivity index (χ1n) is 14.4. The maximum absolute atomic E-state index is 13.9. The Morgan fingerprint density at radius 2 is 1.51 bits per heavy atom. The lowest BCUT2D eigenvalue weighted by atomic mass is 9.89. The zero-order valence-electron chi connectivity index (χ0n) is 24.5. The van der Waals surface area contributed by atoms with Gasteiger partial charge in [-0.3, -0.25) is 9.59 Å². The molecule has 0 bridgehead atoms. The summed E-state index contributed by atoms with van der Waals surface area (Å²) in [6, 6.07) is 21.6. The Morgan fingerprint density at radius 3 is 2.05 bits per heavy atom. The van der Waals surface area contributed by atoms with Gasteiger partial charge in [-0.25, -0.2) is 4.79 Å². The molecule has 43 heavy (non-hydrogen) atoms. The summed E-state index contributed by atoms with van der Waals surface area (Å²) >= 11 is 0. The number of carbonyl (C=O) groups excluding carboxylic acids is 3. The molecule has 228 valence electrons. The monoisotopic (exact) mass is 594 g/mol. The van der Waals surface area contributed by atoms with E-state index in [1.165, 1.54) is 17.0 Å². The molecule has 7 nitrogen and oxygen atoms in total. The predicted molar refractivity (Wildman–Crippen MR) is 159 cm³/mol. The molecule has 3 unspecified atom stereocenters. The van der Waals surface area contributed by atoms with Crippen LogP contribution in [0.25, 0.3) is 0 Å². The van der Waals surface area contributed by atoms with Crippen LogP contribution in [0.2, 0.25) is 0 Å². The van der Waals surface area contributed by atoms with E-state index in [0.29, 0.717) is 6.42 Å². The zero-order chi connectivity index (χ0) is 31.1. The van der Waals surface area contributed by atoms with Gasteiger partial charge in [0, 0.05) is 31.4 Å². The molecule has 1 saturated heterocycles. The normalized spacial score (nSPS) is 16.9. The van der Waals surface area contributed by atoms with Gasteiger partial charge in [0.05, 0.1) is 11.5 Å². The van der Waals surface area contributed by atoms with Crippen molar-refractivity contribution in [2.45, 2.75) is 51.4 Å². The molecule has 1 heterocycles. The minimum absolute atomic E-state index is 0.0384. The molecule has 0 radical (unpaired) electrons. The molecular weight excluding hydrogens is 557 g/mol. The summed E-state index contributed by atoms with van der Waals surface area (Å²) < 4.78 is 39.3. The molecule has 2 N–H and O–H groups in total. The van der Waals surface area contributed by atoms with Crippen molar-refractivity contribution in [1.82, 2.24) is 15.1 Å². The van der Waals surface area contributed by atoms with Crippen molar-refractivity contribution in [3.05, 3.63) is 102 Å². The maximum atomic E-state index is 13.9. The quantitative estimate of drug-likeness (QED) is 0.329. The summed E-state index contributed by atoms with van der Waals surface area (Å²) in [5.41, 5.74) is 0.816. The first-order valence-corrected chi connectivity index (χ1v) is 14.4. The fraction of sp³-hybridized carbons (Fsp3) is 0.364. The zero-order valence-corrected chi connectivity index (χ0v) is 24.5. The second-order valence-electron chi connectivity index (χ2n) is 11.0. The number of nitrogens with one attached hydrogen (secondary N) is 2. The van der Waals surface area contributed by atoms with Crippen LogP contribution in [0.15, 0.2) is 84.9 Å². The lowest BCUT2D eigenvalue weighted by molar-refractivity contribution is -0.140. The molecule has 3 atom stereocenters. The largest absolute Gasteiger partial charge is 0.416 e. The summed E-state index contributed by atoms with van der Waals surface area (Å²) in [5, 5.41) is 5.59. The molecule has 0 spiro atoms. The van der Waals surface area contributed by atoms with Gasteiger partial charge in [-0.1, -0.05) is 87.0 Å². The van der Waals surface area contributed by atoms with E-state index in [9.17, 15) is 27.6 Å². The Bertz CT molecular complexity index is 1360. The molecule has 4 amide bonds. The molecule has 3 aromatic rings. The molecule has 1 fully saturated rings. The van der Waals surface area contributed by atoms with Gasteiger partial charge >= 0.3 is 12.2 Å². The number of piperazine rings is 1. The van der Waals surface area contributed by atoms with E-state index in [4.69, 9.17) is 0 Å². The van der Waals surface area contributed by atoms with Crippen molar-refractivity contribution in [2.24, 2.45) is 5.92 Å². The standard InChI is InChI=1S/C33H37F3N4O3/c1-4-22(2)29(38-30(41)28(24-12-7-5-8-13-24)25-14-9-6-10-15-25)31(42)39-18-19-40(23(3)21-39)32(43)37-27-17-11-16-26(20-27)33(34,35)36/h5-17,20,22-23,28-29H,4,18-19,21H2,1-3H3,(H,37,43)(H,38,41). The number of rotatable bonds is 8. The third-order valence-corrected chi connectivity index (χ3v) is 7.95. The van der Waals surface area contributed by atoms with Gasteiger partial charge in [0.2, 0.25) is 11.8 Å². The van der Waals surface area contributed by atoms with E-state index in [1.807, 2.05) is 74.5 Å². The molecule has 0 aliphatic carbocycles. The number of alkyl halides is 3. The van der Waals surface area contributed by atoms with Gasteiger partial charge in [-0.2, -0.15) is 13.2 Å². The third kappa shape index (κ3) is 7.74. The number of benzene rings is 3. The van der Waals surface area contributed by atoms with Gasteiger partial charge in [-0.05, 0) is 42.2 Å². The number of anilines is 1. The Hall–Kier alpha value is -4.34. The summed E-state index contributed by atoms with van der Waals surface area (Å²) in [5.74, 6) is -1.26. The van der Waals surface area contributed by atoms with Crippen LogP contribution in [0.5, 0.6) is 0 Å². The number of carbonyl (C=O) groups is 3. The highest BCUT2D eigenvalue weighted by molar-refractivity contribution is 5.93.